The molecule has 3 N–H and O–H groups in total. The third-order valence-corrected chi connectivity index (χ3v) is 1.16. The maximum Gasteiger partial charge on any atom is 0.257 e. The van der Waals surface area contributed by atoms with Crippen LogP contribution in [0, 0.1) is 31.1 Å². The standard InChI is InChI=1S/C11H11N3O2/c1-9(2)11(16)14-7-6-12-4-5-13-8-10(3)15/h3,12-13H,1,8H2,2H3,(H,14,16). The van der Waals surface area contributed by atoms with Crippen LogP contribution in [0.1, 0.15) is 6.92 Å². The third-order valence-electron chi connectivity index (χ3n) is 1.16. The van der Waals surface area contributed by atoms with Crippen molar-refractivity contribution in [1.29, 1.82) is 0 Å². The topological polar surface area (TPSA) is 70.2 Å². The van der Waals surface area contributed by atoms with E-state index in [1.54, 1.807) is 6.92 Å². The first-order valence-corrected chi connectivity index (χ1v) is 4.26. The number of ketones is 1. The van der Waals surface area contributed by atoms with Gasteiger partial charge >= 0.3 is 0 Å². The Labute approximate surface area is 94.7 Å². The molecule has 0 fully saturated rings. The number of carbonyl (C=O) groups is 2. The van der Waals surface area contributed by atoms with Crippen molar-refractivity contribution in [3.8, 4) is 24.2 Å². The van der Waals surface area contributed by atoms with Crippen LogP contribution in [0.25, 0.3) is 0 Å². The summed E-state index contributed by atoms with van der Waals surface area (Å²) in [6, 6.07) is 9.44. The van der Waals surface area contributed by atoms with Gasteiger partial charge in [-0.1, -0.05) is 6.58 Å². The molecule has 0 bridgehead atoms. The highest BCUT2D eigenvalue weighted by molar-refractivity contribution is 5.93. The first kappa shape index (κ1) is 13.6. The van der Waals surface area contributed by atoms with Gasteiger partial charge < -0.3 is 5.32 Å². The van der Waals surface area contributed by atoms with Crippen molar-refractivity contribution in [2.75, 3.05) is 6.54 Å². The normalized spacial score (nSPS) is 7.38. The van der Waals surface area contributed by atoms with Crippen LogP contribution in [-0.2, 0) is 9.59 Å². The Bertz CT molecular complexity index is 404. The Morgan fingerprint density at radius 2 is 1.88 bits per heavy atom. The lowest BCUT2D eigenvalue weighted by molar-refractivity contribution is -0.116. The van der Waals surface area contributed by atoms with E-state index < -0.39 is 5.78 Å². The van der Waals surface area contributed by atoms with Gasteiger partial charge in [0.15, 0.2) is 5.78 Å². The van der Waals surface area contributed by atoms with E-state index in [2.05, 4.69) is 46.7 Å². The molecule has 0 saturated carbocycles. The van der Waals surface area contributed by atoms with E-state index in [0.717, 1.165) is 0 Å². The molecule has 0 atom stereocenters. The van der Waals surface area contributed by atoms with Gasteiger partial charge in [0.1, 0.15) is 0 Å². The lowest BCUT2D eigenvalue weighted by atomic mass is 10.3. The Hall–Kier alpha value is -2.40. The number of nitrogens with one attached hydrogen (secondary N) is 3. The zero-order chi connectivity index (χ0) is 12.4. The van der Waals surface area contributed by atoms with Crippen molar-refractivity contribution in [2.24, 2.45) is 0 Å². The van der Waals surface area contributed by atoms with Crippen LogP contribution in [-0.4, -0.2) is 18.2 Å². The van der Waals surface area contributed by atoms with E-state index in [-0.39, 0.29) is 12.5 Å². The number of hydrogen-bond donors (Lipinski definition) is 3. The average molecular weight is 217 g/mol. The third kappa shape index (κ3) is 8.21. The van der Waals surface area contributed by atoms with Crippen molar-refractivity contribution in [3.05, 3.63) is 19.1 Å². The van der Waals surface area contributed by atoms with Gasteiger partial charge in [-0.15, -0.1) is 0 Å². The Morgan fingerprint density at radius 3 is 2.44 bits per heavy atom. The van der Waals surface area contributed by atoms with Gasteiger partial charge in [-0.3, -0.25) is 20.2 Å². The number of hydrogen-bond acceptors (Lipinski definition) is 4. The largest absolute Gasteiger partial charge is 0.337 e. The SMILES string of the molecule is [CH]C(=O)CNC#CNC#CNC(=O)C(=C)C. The van der Waals surface area contributed by atoms with Crippen molar-refractivity contribution >= 4 is 11.7 Å². The fourth-order valence-corrected chi connectivity index (χ4v) is 0.464. The maximum atomic E-state index is 10.9. The molecule has 0 aliphatic carbocycles. The van der Waals surface area contributed by atoms with Gasteiger partial charge in [0, 0.05) is 36.7 Å². The zero-order valence-electron chi connectivity index (χ0n) is 8.81. The van der Waals surface area contributed by atoms with E-state index in [9.17, 15) is 9.59 Å². The number of carbonyl (C=O) groups excluding carboxylic acids is 2. The summed E-state index contributed by atoms with van der Waals surface area (Å²) in [6.07, 6.45) is 0. The van der Waals surface area contributed by atoms with Crippen molar-refractivity contribution in [3.63, 3.8) is 0 Å². The van der Waals surface area contributed by atoms with Gasteiger partial charge in [-0.25, -0.2) is 0 Å². The molecule has 2 radical (unpaired) electrons. The Balaban J connectivity index is 3.73. The molecular formula is C11H11N3O2. The second-order valence-electron chi connectivity index (χ2n) is 2.68. The minimum absolute atomic E-state index is 0.0332. The van der Waals surface area contributed by atoms with Crippen LogP contribution in [0.3, 0.4) is 0 Å². The molecular weight excluding hydrogens is 206 g/mol. The van der Waals surface area contributed by atoms with Crippen LogP contribution >= 0.6 is 0 Å². The fourth-order valence-electron chi connectivity index (χ4n) is 0.464. The fraction of sp³-hybridized carbons (Fsp3) is 0.182. The first-order valence-electron chi connectivity index (χ1n) is 4.26. The van der Waals surface area contributed by atoms with E-state index in [0.29, 0.717) is 5.57 Å². The van der Waals surface area contributed by atoms with Crippen LogP contribution in [0.2, 0.25) is 0 Å². The molecule has 82 valence electrons. The second kappa shape index (κ2) is 7.95. The smallest absolute Gasteiger partial charge is 0.257 e. The number of rotatable bonds is 3. The van der Waals surface area contributed by atoms with Crippen molar-refractivity contribution in [1.82, 2.24) is 16.0 Å². The van der Waals surface area contributed by atoms with Crippen molar-refractivity contribution < 1.29 is 9.59 Å². The van der Waals surface area contributed by atoms with E-state index in [4.69, 9.17) is 6.92 Å². The highest BCUT2D eigenvalue weighted by atomic mass is 16.1. The number of Topliss-reactive ketones (excluding diaryl/α,β-unsaturated/α-hetero) is 1. The summed E-state index contributed by atoms with van der Waals surface area (Å²) in [4.78, 5) is 21.2. The lowest BCUT2D eigenvalue weighted by Crippen LogP contribution is -2.18. The molecule has 0 aromatic carbocycles. The van der Waals surface area contributed by atoms with E-state index >= 15 is 0 Å². The molecule has 0 aromatic heterocycles. The average Bonchev–Trinajstić information content (AvgIpc) is 2.21. The highest BCUT2D eigenvalue weighted by Gasteiger charge is 1.95. The Morgan fingerprint density at radius 1 is 1.25 bits per heavy atom. The molecule has 0 heterocycles. The Kier molecular flexibility index (Phi) is 6.76. The van der Waals surface area contributed by atoms with Crippen LogP contribution in [0.5, 0.6) is 0 Å². The summed E-state index contributed by atoms with van der Waals surface area (Å²) in [6.45, 7) is 9.81. The molecule has 0 aromatic rings. The predicted octanol–water partition coefficient (Wildman–Crippen LogP) is -1.03. The van der Waals surface area contributed by atoms with E-state index in [1.807, 2.05) is 0 Å². The lowest BCUT2D eigenvalue weighted by Gasteiger charge is -1.92. The zero-order valence-corrected chi connectivity index (χ0v) is 8.81. The molecule has 0 aliphatic heterocycles. The summed E-state index contributed by atoms with van der Waals surface area (Å²) in [5, 5.41) is 7.07. The molecule has 0 saturated heterocycles. The number of amides is 1. The summed E-state index contributed by atoms with van der Waals surface area (Å²) in [5.41, 5.74) is 0.364. The summed E-state index contributed by atoms with van der Waals surface area (Å²) >= 11 is 0. The first-order chi connectivity index (χ1) is 7.54. The molecule has 0 aliphatic rings. The van der Waals surface area contributed by atoms with Gasteiger partial charge in [0.05, 0.1) is 6.54 Å². The summed E-state index contributed by atoms with van der Waals surface area (Å²) in [5.74, 6) is -0.858. The van der Waals surface area contributed by atoms with Gasteiger partial charge in [0.2, 0.25) is 0 Å². The molecule has 16 heavy (non-hydrogen) atoms. The van der Waals surface area contributed by atoms with Gasteiger partial charge in [-0.05, 0) is 6.92 Å². The van der Waals surface area contributed by atoms with Gasteiger partial charge in [0.25, 0.3) is 5.91 Å². The van der Waals surface area contributed by atoms with E-state index in [1.165, 1.54) is 0 Å². The van der Waals surface area contributed by atoms with Crippen molar-refractivity contribution in [2.45, 2.75) is 6.92 Å². The monoisotopic (exact) mass is 217 g/mol. The van der Waals surface area contributed by atoms with Gasteiger partial charge in [-0.2, -0.15) is 0 Å². The summed E-state index contributed by atoms with van der Waals surface area (Å²) < 4.78 is 0. The molecule has 5 nitrogen and oxygen atoms in total. The molecule has 0 unspecified atom stereocenters. The summed E-state index contributed by atoms with van der Waals surface area (Å²) in [7, 11) is 0. The molecule has 0 rings (SSSR count). The highest BCUT2D eigenvalue weighted by Crippen LogP contribution is 1.82. The molecule has 1 amide bonds. The predicted molar refractivity (Wildman–Crippen MR) is 59.0 cm³/mol. The maximum absolute atomic E-state index is 10.9. The van der Waals surface area contributed by atoms with Crippen LogP contribution in [0.15, 0.2) is 12.2 Å². The molecule has 0 spiro atoms. The minimum Gasteiger partial charge on any atom is -0.337 e. The van der Waals surface area contributed by atoms with Crippen LogP contribution in [0.4, 0.5) is 0 Å². The van der Waals surface area contributed by atoms with Crippen LogP contribution < -0.4 is 16.0 Å². The minimum atomic E-state index is -0.505. The quantitative estimate of drug-likeness (QED) is 0.321. The second-order valence-corrected chi connectivity index (χ2v) is 2.68. The molecule has 5 heteroatoms.